The van der Waals surface area contributed by atoms with Crippen molar-refractivity contribution in [3.8, 4) is 0 Å². The lowest BCUT2D eigenvalue weighted by Gasteiger charge is -2.28. The number of nitro groups is 1. The smallest absolute Gasteiger partial charge is 0.293 e. The van der Waals surface area contributed by atoms with Gasteiger partial charge in [0.2, 0.25) is 0 Å². The number of rotatable bonds is 8. The highest BCUT2D eigenvalue weighted by Crippen LogP contribution is 2.34. The number of piperidine rings is 1. The number of hydrogen-bond donors (Lipinski definition) is 0. The third-order valence-corrected chi connectivity index (χ3v) is 7.01. The van der Waals surface area contributed by atoms with Crippen LogP contribution in [0.3, 0.4) is 0 Å². The Balaban J connectivity index is 0.00000361. The van der Waals surface area contributed by atoms with E-state index in [0.717, 1.165) is 49.8 Å². The predicted octanol–water partition coefficient (Wildman–Crippen LogP) is 5.49. The average Bonchev–Trinajstić information content (AvgIpc) is 3.25. The first-order valence-electron chi connectivity index (χ1n) is 11.5. The maximum absolute atomic E-state index is 14.3. The highest BCUT2D eigenvalue weighted by atomic mass is 35.5. The van der Waals surface area contributed by atoms with Crippen LogP contribution in [0.5, 0.6) is 0 Å². The number of anilines is 2. The van der Waals surface area contributed by atoms with E-state index in [4.69, 9.17) is 0 Å². The Labute approximate surface area is 218 Å². The molecule has 0 bridgehead atoms. The topological polar surface area (TPSA) is 82.8 Å². The van der Waals surface area contributed by atoms with Crippen LogP contribution in [0.15, 0.2) is 30.3 Å². The van der Waals surface area contributed by atoms with Gasteiger partial charge in [0.15, 0.2) is 10.9 Å². The Morgan fingerprint density at radius 3 is 2.53 bits per heavy atom. The molecule has 4 rings (SSSR count). The van der Waals surface area contributed by atoms with E-state index in [1.54, 1.807) is 12.1 Å². The second-order valence-electron chi connectivity index (χ2n) is 8.85. The van der Waals surface area contributed by atoms with Crippen molar-refractivity contribution in [2.24, 2.45) is 0 Å². The van der Waals surface area contributed by atoms with Crippen LogP contribution in [0.4, 0.5) is 25.3 Å². The minimum Gasteiger partial charge on any atom is -0.366 e. The highest BCUT2D eigenvalue weighted by Gasteiger charge is 2.27. The van der Waals surface area contributed by atoms with Gasteiger partial charge in [0.1, 0.15) is 17.0 Å². The number of fused-ring (bicyclic) bond motifs is 1. The van der Waals surface area contributed by atoms with E-state index in [1.807, 2.05) is 23.9 Å². The van der Waals surface area contributed by atoms with E-state index < -0.39 is 22.5 Å². The van der Waals surface area contributed by atoms with Crippen molar-refractivity contribution < 1.29 is 18.5 Å². The molecule has 2 heterocycles. The Kier molecular flexibility index (Phi) is 9.15. The first kappa shape index (κ1) is 27.7. The van der Waals surface area contributed by atoms with E-state index in [9.17, 15) is 23.7 Å². The van der Waals surface area contributed by atoms with Crippen LogP contribution in [0, 0.1) is 21.7 Å². The van der Waals surface area contributed by atoms with E-state index in [1.165, 1.54) is 17.0 Å². The number of nitrogens with zero attached hydrogens (tertiary/aromatic N) is 5. The summed E-state index contributed by atoms with van der Waals surface area (Å²) in [6.45, 7) is 2.42. The van der Waals surface area contributed by atoms with Crippen molar-refractivity contribution in [2.75, 3.05) is 50.1 Å². The van der Waals surface area contributed by atoms with Crippen LogP contribution in [-0.2, 0) is 0 Å². The minimum absolute atomic E-state index is 0. The normalized spacial score (nSPS) is 13.6. The second-order valence-corrected chi connectivity index (χ2v) is 9.86. The van der Waals surface area contributed by atoms with Gasteiger partial charge in [0.25, 0.3) is 11.6 Å². The first-order valence-corrected chi connectivity index (χ1v) is 12.3. The summed E-state index contributed by atoms with van der Waals surface area (Å²) < 4.78 is 28.3. The van der Waals surface area contributed by atoms with Gasteiger partial charge in [-0.1, -0.05) is 11.3 Å². The molecular formula is C24H28ClF2N5O3S. The maximum Gasteiger partial charge on any atom is 0.293 e. The Morgan fingerprint density at radius 1 is 1.14 bits per heavy atom. The van der Waals surface area contributed by atoms with Gasteiger partial charge in [-0.3, -0.25) is 19.8 Å². The lowest BCUT2D eigenvalue weighted by molar-refractivity contribution is -0.384. The van der Waals surface area contributed by atoms with Gasteiger partial charge >= 0.3 is 0 Å². The molecule has 1 aliphatic heterocycles. The fourth-order valence-electron chi connectivity index (χ4n) is 4.25. The number of nitro benzene ring substituents is 1. The number of carbonyl (C=O) groups is 1. The molecule has 2 aromatic carbocycles. The van der Waals surface area contributed by atoms with Gasteiger partial charge in [-0.25, -0.2) is 13.8 Å². The molecule has 0 atom stereocenters. The molecule has 1 fully saturated rings. The molecule has 194 valence electrons. The largest absolute Gasteiger partial charge is 0.366 e. The molecule has 1 amide bonds. The molecule has 0 radical (unpaired) electrons. The van der Waals surface area contributed by atoms with Crippen molar-refractivity contribution in [3.63, 3.8) is 0 Å². The highest BCUT2D eigenvalue weighted by molar-refractivity contribution is 7.22. The van der Waals surface area contributed by atoms with Gasteiger partial charge in [-0.15, -0.1) is 12.4 Å². The van der Waals surface area contributed by atoms with Crippen molar-refractivity contribution in [2.45, 2.75) is 25.7 Å². The molecule has 1 aromatic heterocycles. The number of carbonyl (C=O) groups excluding carboxylic acids is 1. The number of benzene rings is 2. The zero-order chi connectivity index (χ0) is 25.1. The van der Waals surface area contributed by atoms with Crippen molar-refractivity contribution in [1.29, 1.82) is 0 Å². The van der Waals surface area contributed by atoms with Crippen LogP contribution in [0.25, 0.3) is 10.2 Å². The SMILES string of the molecule is CN(C)CCCN(C(=O)c1ccc(N2CCCCC2)c([N+](=O)[O-])c1)c1nc2c(F)cc(F)cc2s1.Cl. The summed E-state index contributed by atoms with van der Waals surface area (Å²) in [6, 6.07) is 6.46. The second kappa shape index (κ2) is 11.9. The summed E-state index contributed by atoms with van der Waals surface area (Å²) in [4.78, 5) is 34.6. The quantitative estimate of drug-likeness (QED) is 0.278. The van der Waals surface area contributed by atoms with Crippen LogP contribution in [-0.4, -0.2) is 61.0 Å². The van der Waals surface area contributed by atoms with Crippen molar-refractivity contribution in [3.05, 3.63) is 57.6 Å². The Bertz CT molecular complexity index is 1250. The molecule has 0 spiro atoms. The van der Waals surface area contributed by atoms with E-state index in [2.05, 4.69) is 4.98 Å². The summed E-state index contributed by atoms with van der Waals surface area (Å²) in [6.07, 6.45) is 3.62. The van der Waals surface area contributed by atoms with E-state index in [-0.39, 0.29) is 45.6 Å². The van der Waals surface area contributed by atoms with Gasteiger partial charge in [-0.2, -0.15) is 0 Å². The summed E-state index contributed by atoms with van der Waals surface area (Å²) in [5, 5.41) is 12.1. The molecule has 3 aromatic rings. The van der Waals surface area contributed by atoms with E-state index in [0.29, 0.717) is 18.7 Å². The minimum atomic E-state index is -0.801. The number of halogens is 3. The molecule has 0 saturated carbocycles. The van der Waals surface area contributed by atoms with Gasteiger partial charge in [0.05, 0.1) is 9.62 Å². The molecular weight excluding hydrogens is 512 g/mol. The third-order valence-electron chi connectivity index (χ3n) is 5.98. The lowest BCUT2D eigenvalue weighted by Crippen LogP contribution is -2.34. The van der Waals surface area contributed by atoms with Crippen LogP contribution in [0.2, 0.25) is 0 Å². The molecule has 1 aliphatic rings. The van der Waals surface area contributed by atoms with Crippen LogP contribution < -0.4 is 9.80 Å². The number of amides is 1. The number of thiazole rings is 1. The molecule has 8 nitrogen and oxygen atoms in total. The maximum atomic E-state index is 14.3. The third kappa shape index (κ3) is 6.08. The number of aromatic nitrogens is 1. The summed E-state index contributed by atoms with van der Waals surface area (Å²) in [5.74, 6) is -2.00. The van der Waals surface area contributed by atoms with Crippen molar-refractivity contribution >= 4 is 56.4 Å². The predicted molar refractivity (Wildman–Crippen MR) is 141 cm³/mol. The molecule has 36 heavy (non-hydrogen) atoms. The average molecular weight is 540 g/mol. The lowest BCUT2D eigenvalue weighted by atomic mass is 10.1. The monoisotopic (exact) mass is 539 g/mol. The van der Waals surface area contributed by atoms with Crippen molar-refractivity contribution in [1.82, 2.24) is 9.88 Å². The van der Waals surface area contributed by atoms with Crippen LogP contribution in [0.1, 0.15) is 36.0 Å². The van der Waals surface area contributed by atoms with Gasteiger partial charge in [-0.05, 0) is 64.5 Å². The summed E-state index contributed by atoms with van der Waals surface area (Å²) in [7, 11) is 3.81. The summed E-state index contributed by atoms with van der Waals surface area (Å²) in [5.41, 5.74) is 0.516. The zero-order valence-corrected chi connectivity index (χ0v) is 21.7. The van der Waals surface area contributed by atoms with Gasteiger partial charge < -0.3 is 9.80 Å². The first-order chi connectivity index (χ1) is 16.7. The standard InChI is InChI=1S/C24H27F2N5O3S.ClH/c1-28(2)9-6-12-30(24-27-22-18(26)14-17(25)15-21(22)35-24)23(32)16-7-8-19(20(13-16)31(33)34)29-10-4-3-5-11-29;/h7-8,13-15H,3-6,9-12H2,1-2H3;1H. The summed E-state index contributed by atoms with van der Waals surface area (Å²) >= 11 is 1.01. The Hall–Kier alpha value is -2.89. The fourth-order valence-corrected chi connectivity index (χ4v) is 5.28. The molecule has 0 aliphatic carbocycles. The molecule has 12 heteroatoms. The molecule has 1 saturated heterocycles. The van der Waals surface area contributed by atoms with Crippen LogP contribution >= 0.6 is 23.7 Å². The zero-order valence-electron chi connectivity index (χ0n) is 20.1. The Morgan fingerprint density at radius 2 is 1.86 bits per heavy atom. The number of hydrogen-bond acceptors (Lipinski definition) is 7. The molecule has 0 N–H and O–H groups in total. The fraction of sp³-hybridized carbons (Fsp3) is 0.417. The van der Waals surface area contributed by atoms with E-state index >= 15 is 0 Å². The molecule has 0 unspecified atom stereocenters. The van der Waals surface area contributed by atoms with Gasteiger partial charge in [0, 0.05) is 37.3 Å².